The second kappa shape index (κ2) is 2.55. The largest absolute Gasteiger partial charge is 0.275 e. The van der Waals surface area contributed by atoms with Gasteiger partial charge in [0.15, 0.2) is 0 Å². The summed E-state index contributed by atoms with van der Waals surface area (Å²) in [7, 11) is 1.92. The fourth-order valence-corrected chi connectivity index (χ4v) is 1.55. The number of hydrogen-bond acceptors (Lipinski definition) is 2. The van der Waals surface area contributed by atoms with E-state index < -0.39 is 0 Å². The van der Waals surface area contributed by atoms with E-state index in [4.69, 9.17) is 0 Å². The maximum absolute atomic E-state index is 4.53. The summed E-state index contributed by atoms with van der Waals surface area (Å²) in [6, 6.07) is 2.01. The molecule has 1 aliphatic rings. The van der Waals surface area contributed by atoms with Gasteiger partial charge in [0.2, 0.25) is 0 Å². The summed E-state index contributed by atoms with van der Waals surface area (Å²) in [5.41, 5.74) is 1.82. The molecule has 68 valence electrons. The Morgan fingerprint density at radius 3 is 2.69 bits per heavy atom. The lowest BCUT2D eigenvalue weighted by molar-refractivity contribution is 0.597. The second-order valence-corrected chi connectivity index (χ2v) is 3.61. The molecular formula is C10H13N3. The van der Waals surface area contributed by atoms with Crippen LogP contribution in [-0.2, 0) is 12.6 Å². The predicted molar refractivity (Wildman–Crippen MR) is 52.8 cm³/mol. The quantitative estimate of drug-likeness (QED) is 0.638. The van der Waals surface area contributed by atoms with Crippen LogP contribution in [0.3, 0.4) is 0 Å². The molecule has 1 aromatic rings. The molecule has 0 radical (unpaired) electrons. The van der Waals surface area contributed by atoms with Crippen LogP contribution >= 0.6 is 0 Å². The molecule has 0 N–H and O–H groups in total. The van der Waals surface area contributed by atoms with E-state index in [-0.39, 0.29) is 5.54 Å². The Morgan fingerprint density at radius 1 is 1.46 bits per heavy atom. The summed E-state index contributed by atoms with van der Waals surface area (Å²) in [4.78, 5) is 4.53. The molecule has 1 aromatic heterocycles. The minimum absolute atomic E-state index is 0.245. The van der Waals surface area contributed by atoms with Gasteiger partial charge >= 0.3 is 0 Å². The zero-order valence-corrected chi connectivity index (χ0v) is 8.15. The number of hydrogen-bond donors (Lipinski definition) is 0. The Kier molecular flexibility index (Phi) is 1.62. The summed E-state index contributed by atoms with van der Waals surface area (Å²) in [5, 5.41) is 4.36. The molecule has 0 fully saturated rings. The first kappa shape index (κ1) is 8.23. The van der Waals surface area contributed by atoms with Crippen LogP contribution in [0.1, 0.15) is 19.5 Å². The Bertz CT molecular complexity index is 387. The smallest absolute Gasteiger partial charge is 0.120 e. The van der Waals surface area contributed by atoms with Gasteiger partial charge in [-0.15, -0.1) is 0 Å². The monoisotopic (exact) mass is 175 g/mol. The van der Waals surface area contributed by atoms with Crippen molar-refractivity contribution in [3.8, 4) is 0 Å². The van der Waals surface area contributed by atoms with Crippen LogP contribution in [0.4, 0.5) is 0 Å². The number of aromatic nitrogens is 2. The third-order valence-electron chi connectivity index (χ3n) is 2.29. The molecule has 3 nitrogen and oxygen atoms in total. The Labute approximate surface area is 77.8 Å². The van der Waals surface area contributed by atoms with Crippen molar-refractivity contribution in [1.29, 1.82) is 0 Å². The average Bonchev–Trinajstić information content (AvgIpc) is 2.60. The van der Waals surface area contributed by atoms with E-state index in [9.17, 15) is 0 Å². The van der Waals surface area contributed by atoms with Crippen LogP contribution in [0.5, 0.6) is 0 Å². The van der Waals surface area contributed by atoms with Gasteiger partial charge in [0.25, 0.3) is 0 Å². The van der Waals surface area contributed by atoms with Gasteiger partial charge in [-0.25, -0.2) is 0 Å². The van der Waals surface area contributed by atoms with Crippen LogP contribution < -0.4 is 0 Å². The first-order valence-corrected chi connectivity index (χ1v) is 4.36. The van der Waals surface area contributed by atoms with Crippen LogP contribution in [0.25, 0.3) is 0 Å². The van der Waals surface area contributed by atoms with E-state index in [0.717, 1.165) is 11.4 Å². The highest BCUT2D eigenvalue weighted by Gasteiger charge is 2.27. The van der Waals surface area contributed by atoms with Gasteiger partial charge in [0.05, 0.1) is 5.69 Å². The molecule has 3 heteroatoms. The van der Waals surface area contributed by atoms with Gasteiger partial charge in [-0.05, 0) is 32.1 Å². The molecule has 2 rings (SSSR count). The first-order valence-electron chi connectivity index (χ1n) is 4.36. The number of allylic oxidation sites excluding steroid dienone is 1. The van der Waals surface area contributed by atoms with E-state index in [0.29, 0.717) is 0 Å². The summed E-state index contributed by atoms with van der Waals surface area (Å²) in [5.74, 6) is 0. The van der Waals surface area contributed by atoms with Crippen molar-refractivity contribution in [2.45, 2.75) is 19.4 Å². The lowest BCUT2D eigenvalue weighted by Gasteiger charge is -2.14. The van der Waals surface area contributed by atoms with Gasteiger partial charge in [-0.1, -0.05) is 0 Å². The van der Waals surface area contributed by atoms with E-state index in [1.165, 1.54) is 0 Å². The highest BCUT2D eigenvalue weighted by Crippen LogP contribution is 2.29. The molecule has 0 amide bonds. The van der Waals surface area contributed by atoms with Gasteiger partial charge in [0, 0.05) is 19.0 Å². The Morgan fingerprint density at radius 2 is 2.23 bits per heavy atom. The second-order valence-electron chi connectivity index (χ2n) is 3.61. The zero-order valence-electron chi connectivity index (χ0n) is 8.15. The molecule has 0 aliphatic carbocycles. The molecule has 1 aliphatic heterocycles. The average molecular weight is 175 g/mol. The molecule has 0 saturated carbocycles. The van der Waals surface area contributed by atoms with E-state index >= 15 is 0 Å². The van der Waals surface area contributed by atoms with Crippen molar-refractivity contribution >= 4 is 5.71 Å². The molecule has 0 aromatic carbocycles. The summed E-state index contributed by atoms with van der Waals surface area (Å²) in [6.45, 7) is 4.08. The van der Waals surface area contributed by atoms with E-state index in [1.54, 1.807) is 4.68 Å². The molecule has 0 saturated heterocycles. The highest BCUT2D eigenvalue weighted by molar-refractivity contribution is 5.95. The Balaban J connectivity index is 2.42. The van der Waals surface area contributed by atoms with Crippen molar-refractivity contribution in [1.82, 2.24) is 9.78 Å². The van der Waals surface area contributed by atoms with Crippen LogP contribution in [0, 0.1) is 0 Å². The highest BCUT2D eigenvalue weighted by atomic mass is 15.3. The lowest BCUT2D eigenvalue weighted by atomic mass is 10.0. The van der Waals surface area contributed by atoms with Crippen LogP contribution in [0.2, 0.25) is 0 Å². The van der Waals surface area contributed by atoms with Crippen LogP contribution in [0.15, 0.2) is 29.4 Å². The third-order valence-corrected chi connectivity index (χ3v) is 2.29. The topological polar surface area (TPSA) is 30.2 Å². The summed E-state index contributed by atoms with van der Waals surface area (Å²) < 4.78 is 1.80. The molecule has 1 unspecified atom stereocenters. The maximum Gasteiger partial charge on any atom is 0.120 e. The SMILES string of the molecule is CC1=NC(C)(c2ccn(C)n2)C=C1. The fraction of sp³-hybridized carbons (Fsp3) is 0.400. The molecule has 0 spiro atoms. The van der Waals surface area contributed by atoms with Crippen LogP contribution in [-0.4, -0.2) is 15.5 Å². The summed E-state index contributed by atoms with van der Waals surface area (Å²) >= 11 is 0. The fourth-order valence-electron chi connectivity index (χ4n) is 1.55. The number of aryl methyl sites for hydroxylation is 1. The summed E-state index contributed by atoms with van der Waals surface area (Å²) in [6.07, 6.45) is 6.07. The van der Waals surface area contributed by atoms with Gasteiger partial charge in [-0.3, -0.25) is 9.67 Å². The van der Waals surface area contributed by atoms with Crippen molar-refractivity contribution in [3.05, 3.63) is 30.1 Å². The van der Waals surface area contributed by atoms with E-state index in [1.807, 2.05) is 32.3 Å². The number of nitrogens with zero attached hydrogens (tertiary/aromatic N) is 3. The minimum Gasteiger partial charge on any atom is -0.275 e. The standard InChI is InChI=1S/C10H13N3/c1-8-4-6-10(2,11-8)9-5-7-13(3)12-9/h4-7H,1-3H3. The molecular weight excluding hydrogens is 162 g/mol. The Hall–Kier alpha value is -1.38. The van der Waals surface area contributed by atoms with Crippen molar-refractivity contribution < 1.29 is 0 Å². The molecule has 1 atom stereocenters. The van der Waals surface area contributed by atoms with Crippen molar-refractivity contribution in [2.24, 2.45) is 12.0 Å². The third kappa shape index (κ3) is 1.30. The normalized spacial score (nSPS) is 26.5. The van der Waals surface area contributed by atoms with Gasteiger partial charge < -0.3 is 0 Å². The van der Waals surface area contributed by atoms with E-state index in [2.05, 4.69) is 23.1 Å². The number of aliphatic imine (C=N–C) groups is 1. The maximum atomic E-state index is 4.53. The molecule has 0 bridgehead atoms. The zero-order chi connectivity index (χ0) is 9.47. The van der Waals surface area contributed by atoms with Gasteiger partial charge in [0.1, 0.15) is 5.54 Å². The van der Waals surface area contributed by atoms with Crippen molar-refractivity contribution in [3.63, 3.8) is 0 Å². The molecule has 13 heavy (non-hydrogen) atoms. The van der Waals surface area contributed by atoms with Gasteiger partial charge in [-0.2, -0.15) is 5.10 Å². The molecule has 2 heterocycles. The first-order chi connectivity index (χ1) is 6.10. The lowest BCUT2D eigenvalue weighted by Crippen LogP contribution is -2.15. The number of rotatable bonds is 1. The van der Waals surface area contributed by atoms with Crippen molar-refractivity contribution in [2.75, 3.05) is 0 Å². The predicted octanol–water partition coefficient (Wildman–Crippen LogP) is 1.67. The minimum atomic E-state index is -0.245.